The number of fused-ring (bicyclic) bond motifs is 1. The van der Waals surface area contributed by atoms with Crippen molar-refractivity contribution >= 4 is 11.0 Å². The summed E-state index contributed by atoms with van der Waals surface area (Å²) in [4.78, 5) is 13.2. The second-order valence-electron chi connectivity index (χ2n) is 6.90. The molecule has 4 nitrogen and oxygen atoms in total. The maximum atomic E-state index is 13.2. The van der Waals surface area contributed by atoms with Crippen LogP contribution in [-0.2, 0) is 6.42 Å². The standard InChI is InChI=1S/C25H22O4/c1-17-8-13-21-22(16-17)29-24(19-9-11-20(27-2)12-10-19)25(23(21)26)28-15-14-18-6-4-3-5-7-18/h3-13,16H,14-15H2,1-2H3. The number of methoxy groups -OCH3 is 1. The molecule has 0 saturated carbocycles. The highest BCUT2D eigenvalue weighted by molar-refractivity contribution is 5.82. The van der Waals surface area contributed by atoms with Gasteiger partial charge in [0.2, 0.25) is 11.2 Å². The summed E-state index contributed by atoms with van der Waals surface area (Å²) in [6.45, 7) is 2.35. The minimum absolute atomic E-state index is 0.162. The van der Waals surface area contributed by atoms with Crippen LogP contribution in [0.1, 0.15) is 11.1 Å². The van der Waals surface area contributed by atoms with Gasteiger partial charge in [0.25, 0.3) is 0 Å². The molecule has 0 N–H and O–H groups in total. The summed E-state index contributed by atoms with van der Waals surface area (Å²) in [6, 6.07) is 23.0. The van der Waals surface area contributed by atoms with Crippen LogP contribution in [0.15, 0.2) is 82.0 Å². The Balaban J connectivity index is 1.75. The van der Waals surface area contributed by atoms with Crippen molar-refractivity contribution in [2.45, 2.75) is 13.3 Å². The molecule has 0 aliphatic carbocycles. The summed E-state index contributed by atoms with van der Waals surface area (Å²) in [6.07, 6.45) is 0.703. The van der Waals surface area contributed by atoms with E-state index in [0.29, 0.717) is 29.8 Å². The summed E-state index contributed by atoms with van der Waals surface area (Å²) in [5.41, 5.74) is 3.33. The van der Waals surface area contributed by atoms with E-state index < -0.39 is 0 Å². The summed E-state index contributed by atoms with van der Waals surface area (Å²) < 4.78 is 17.4. The molecule has 0 aliphatic heterocycles. The molecule has 1 heterocycles. The van der Waals surface area contributed by atoms with Crippen LogP contribution < -0.4 is 14.9 Å². The van der Waals surface area contributed by atoms with Crippen molar-refractivity contribution < 1.29 is 13.9 Å². The third-order valence-corrected chi connectivity index (χ3v) is 4.84. The summed E-state index contributed by atoms with van der Waals surface area (Å²) in [5, 5.41) is 0.516. The number of hydrogen-bond donors (Lipinski definition) is 0. The van der Waals surface area contributed by atoms with Gasteiger partial charge in [0.1, 0.15) is 11.3 Å². The zero-order chi connectivity index (χ0) is 20.2. The van der Waals surface area contributed by atoms with Crippen LogP contribution in [0.25, 0.3) is 22.3 Å². The third-order valence-electron chi connectivity index (χ3n) is 4.84. The number of aryl methyl sites for hydroxylation is 1. The van der Waals surface area contributed by atoms with Gasteiger partial charge in [-0.05, 0) is 54.4 Å². The molecular weight excluding hydrogens is 364 g/mol. The van der Waals surface area contributed by atoms with E-state index in [1.54, 1.807) is 13.2 Å². The van der Waals surface area contributed by atoms with E-state index in [1.165, 1.54) is 0 Å². The topological polar surface area (TPSA) is 48.7 Å². The second-order valence-corrected chi connectivity index (χ2v) is 6.90. The summed E-state index contributed by atoms with van der Waals surface area (Å²) >= 11 is 0. The lowest BCUT2D eigenvalue weighted by Gasteiger charge is -2.12. The van der Waals surface area contributed by atoms with Crippen molar-refractivity contribution in [1.82, 2.24) is 0 Å². The van der Waals surface area contributed by atoms with E-state index in [0.717, 1.165) is 22.4 Å². The molecule has 0 radical (unpaired) electrons. The number of rotatable bonds is 6. The van der Waals surface area contributed by atoms with Crippen molar-refractivity contribution in [2.75, 3.05) is 13.7 Å². The normalized spacial score (nSPS) is 10.8. The predicted octanol–water partition coefficient (Wildman–Crippen LogP) is 5.40. The molecule has 0 aliphatic rings. The Morgan fingerprint density at radius 3 is 2.41 bits per heavy atom. The number of ether oxygens (including phenoxy) is 2. The predicted molar refractivity (Wildman–Crippen MR) is 115 cm³/mol. The zero-order valence-corrected chi connectivity index (χ0v) is 16.5. The first-order valence-corrected chi connectivity index (χ1v) is 9.54. The van der Waals surface area contributed by atoms with E-state index in [9.17, 15) is 4.79 Å². The van der Waals surface area contributed by atoms with Gasteiger partial charge in [0.05, 0.1) is 19.1 Å². The average Bonchev–Trinajstić information content (AvgIpc) is 2.76. The molecule has 0 fully saturated rings. The summed E-state index contributed by atoms with van der Waals surface area (Å²) in [5.74, 6) is 1.41. The van der Waals surface area contributed by atoms with Gasteiger partial charge in [0.15, 0.2) is 5.76 Å². The first kappa shape index (κ1) is 18.8. The first-order valence-electron chi connectivity index (χ1n) is 9.54. The molecule has 3 aromatic carbocycles. The monoisotopic (exact) mass is 386 g/mol. The summed E-state index contributed by atoms with van der Waals surface area (Å²) in [7, 11) is 1.62. The molecule has 4 aromatic rings. The number of hydrogen-bond acceptors (Lipinski definition) is 4. The molecule has 29 heavy (non-hydrogen) atoms. The molecule has 0 saturated heterocycles. The van der Waals surface area contributed by atoms with Gasteiger partial charge >= 0.3 is 0 Å². The van der Waals surface area contributed by atoms with Crippen molar-refractivity contribution in [3.05, 3.63) is 94.1 Å². The van der Waals surface area contributed by atoms with Crippen LogP contribution in [0.2, 0.25) is 0 Å². The molecule has 0 spiro atoms. The molecule has 0 amide bonds. The quantitative estimate of drug-likeness (QED) is 0.445. The maximum Gasteiger partial charge on any atom is 0.235 e. The zero-order valence-electron chi connectivity index (χ0n) is 16.5. The highest BCUT2D eigenvalue weighted by atomic mass is 16.5. The lowest BCUT2D eigenvalue weighted by molar-refractivity contribution is 0.313. The second kappa shape index (κ2) is 8.23. The van der Waals surface area contributed by atoms with Gasteiger partial charge in [-0.2, -0.15) is 0 Å². The maximum absolute atomic E-state index is 13.2. The molecular formula is C25H22O4. The van der Waals surface area contributed by atoms with Crippen LogP contribution in [0.3, 0.4) is 0 Å². The fourth-order valence-corrected chi connectivity index (χ4v) is 3.26. The van der Waals surface area contributed by atoms with E-state index in [2.05, 4.69) is 0 Å². The molecule has 146 valence electrons. The Bertz CT molecular complexity index is 1180. The minimum atomic E-state index is -0.162. The van der Waals surface area contributed by atoms with Crippen LogP contribution in [0.5, 0.6) is 11.5 Å². The molecule has 0 atom stereocenters. The van der Waals surface area contributed by atoms with Crippen molar-refractivity contribution in [3.63, 3.8) is 0 Å². The van der Waals surface area contributed by atoms with Gasteiger partial charge in [-0.3, -0.25) is 4.79 Å². The van der Waals surface area contributed by atoms with Crippen molar-refractivity contribution in [3.8, 4) is 22.8 Å². The fraction of sp³-hybridized carbons (Fsp3) is 0.160. The Kier molecular flexibility index (Phi) is 5.34. The lowest BCUT2D eigenvalue weighted by atomic mass is 10.1. The molecule has 4 rings (SSSR count). The van der Waals surface area contributed by atoms with E-state index in [1.807, 2.05) is 73.7 Å². The van der Waals surface area contributed by atoms with E-state index >= 15 is 0 Å². The minimum Gasteiger partial charge on any atom is -0.497 e. The molecule has 1 aromatic heterocycles. The van der Waals surface area contributed by atoms with Crippen LogP contribution >= 0.6 is 0 Å². The van der Waals surface area contributed by atoms with Gasteiger partial charge in [0, 0.05) is 12.0 Å². The molecule has 4 heteroatoms. The SMILES string of the molecule is COc1ccc(-c2oc3cc(C)ccc3c(=O)c2OCCc2ccccc2)cc1. The van der Waals surface area contributed by atoms with Gasteiger partial charge in [-0.25, -0.2) is 0 Å². The Hall–Kier alpha value is -3.53. The molecule has 0 unspecified atom stereocenters. The van der Waals surface area contributed by atoms with Gasteiger partial charge in [-0.1, -0.05) is 36.4 Å². The van der Waals surface area contributed by atoms with Gasteiger partial charge in [-0.15, -0.1) is 0 Å². The molecule has 0 bridgehead atoms. The fourth-order valence-electron chi connectivity index (χ4n) is 3.26. The number of benzene rings is 3. The van der Waals surface area contributed by atoms with Crippen molar-refractivity contribution in [2.24, 2.45) is 0 Å². The van der Waals surface area contributed by atoms with Crippen molar-refractivity contribution in [1.29, 1.82) is 0 Å². The highest BCUT2D eigenvalue weighted by Gasteiger charge is 2.18. The Morgan fingerprint density at radius 1 is 0.931 bits per heavy atom. The van der Waals surface area contributed by atoms with Gasteiger partial charge < -0.3 is 13.9 Å². The first-order chi connectivity index (χ1) is 14.2. The van der Waals surface area contributed by atoms with E-state index in [4.69, 9.17) is 13.9 Å². The largest absolute Gasteiger partial charge is 0.497 e. The van der Waals surface area contributed by atoms with Crippen LogP contribution in [-0.4, -0.2) is 13.7 Å². The lowest BCUT2D eigenvalue weighted by Crippen LogP contribution is -2.12. The Morgan fingerprint density at radius 2 is 1.69 bits per heavy atom. The smallest absolute Gasteiger partial charge is 0.235 e. The highest BCUT2D eigenvalue weighted by Crippen LogP contribution is 2.32. The van der Waals surface area contributed by atoms with Crippen LogP contribution in [0, 0.1) is 6.92 Å². The Labute approximate surface area is 169 Å². The van der Waals surface area contributed by atoms with Crippen LogP contribution in [0.4, 0.5) is 0 Å². The van der Waals surface area contributed by atoms with E-state index in [-0.39, 0.29) is 11.2 Å². The average molecular weight is 386 g/mol. The third kappa shape index (κ3) is 4.02.